The summed E-state index contributed by atoms with van der Waals surface area (Å²) in [6.07, 6.45) is 0. The second-order valence-electron chi connectivity index (χ2n) is 1.85. The third-order valence-corrected chi connectivity index (χ3v) is 8.26. The summed E-state index contributed by atoms with van der Waals surface area (Å²) >= 11 is 6.95. The van der Waals surface area contributed by atoms with E-state index in [9.17, 15) is 0 Å². The highest BCUT2D eigenvalue weighted by molar-refractivity contribution is 9.27. The smallest absolute Gasteiger partial charge is 0.126 e. The molecule has 0 fully saturated rings. The van der Waals surface area contributed by atoms with Gasteiger partial charge < -0.3 is 0 Å². The Hall–Kier alpha value is 1.18. The van der Waals surface area contributed by atoms with Gasteiger partial charge in [0.05, 0.1) is 0 Å². The summed E-state index contributed by atoms with van der Waals surface area (Å²) in [6, 6.07) is 0. The summed E-state index contributed by atoms with van der Waals surface area (Å²) < 4.78 is 0. The monoisotopic (exact) mass is 230 g/mol. The van der Waals surface area contributed by atoms with Gasteiger partial charge in [0.25, 0.3) is 0 Å². The van der Waals surface area contributed by atoms with Gasteiger partial charge in [-0.05, 0) is 0 Å². The molecule has 0 amide bonds. The van der Waals surface area contributed by atoms with Crippen LogP contribution in [-0.4, -0.2) is 11.6 Å². The van der Waals surface area contributed by atoms with Crippen LogP contribution in [0.5, 0.6) is 0 Å². The van der Waals surface area contributed by atoms with Crippen molar-refractivity contribution in [2.24, 2.45) is 0 Å². The first-order valence-electron chi connectivity index (χ1n) is 1.81. The third-order valence-electron chi connectivity index (χ3n) is 0.318. The molecule has 0 rings (SSSR count). The third kappa shape index (κ3) is 5.18. The molecule has 6 heavy (non-hydrogen) atoms. The van der Waals surface area contributed by atoms with Crippen molar-refractivity contribution in [2.75, 3.05) is 4.95 Å². The number of halogens is 2. The molecule has 0 saturated carbocycles. The van der Waals surface area contributed by atoms with Gasteiger partial charge >= 0.3 is 0 Å². The molecule has 0 aliphatic rings. The molecule has 0 radical (unpaired) electrons. The largest absolute Gasteiger partial charge is 0.134 e. The maximum absolute atomic E-state index is 3.57. The molecule has 0 atom stereocenters. The van der Waals surface area contributed by atoms with Crippen molar-refractivity contribution in [3.05, 3.63) is 0 Å². The van der Waals surface area contributed by atoms with Crippen molar-refractivity contribution in [3.63, 3.8) is 0 Å². The lowest BCUT2D eigenvalue weighted by atomic mass is 11.8. The Morgan fingerprint density at radius 3 is 1.67 bits per heavy atom. The summed E-state index contributed by atoms with van der Waals surface area (Å²) in [7, 11) is 0. The predicted molar refractivity (Wildman–Crippen MR) is 40.2 cm³/mol. The van der Waals surface area contributed by atoms with Crippen LogP contribution in [-0.2, 0) is 0 Å². The van der Waals surface area contributed by atoms with Gasteiger partial charge in [0.1, 0.15) is 6.69 Å². The molecule has 0 bridgehead atoms. The molecule has 0 aromatic heterocycles. The zero-order valence-electron chi connectivity index (χ0n) is 3.96. The molecule has 0 heterocycles. The topological polar surface area (TPSA) is 0 Å². The van der Waals surface area contributed by atoms with Crippen LogP contribution in [0.25, 0.3) is 0 Å². The Bertz CT molecular complexity index is 38.5. The molecular weight excluding hydrogens is 224 g/mol. The fraction of sp³-hybridized carbons (Fsp3) is 1.00. The minimum absolute atomic E-state index is 0.902. The lowest BCUT2D eigenvalue weighted by molar-refractivity contribution is 1.87. The summed E-state index contributed by atoms with van der Waals surface area (Å²) in [4.78, 5) is 1.14. The summed E-state index contributed by atoms with van der Waals surface area (Å²) in [6.45, 7) is 3.60. The van der Waals surface area contributed by atoms with E-state index in [0.717, 1.165) is 4.95 Å². The number of alkyl halides is 1. The zero-order chi connectivity index (χ0) is 5.21. The normalized spacial score (nSPS) is 12.0. The van der Waals surface area contributed by atoms with E-state index in [1.807, 2.05) is 0 Å². The van der Waals surface area contributed by atoms with Crippen molar-refractivity contribution in [2.45, 2.75) is 13.1 Å². The zero-order valence-corrected chi connectivity index (χ0v) is 8.14. The molecule has 0 saturated heterocycles. The highest BCUT2D eigenvalue weighted by Crippen LogP contribution is 2.12. The highest BCUT2D eigenvalue weighted by Gasteiger charge is 2.11. The lowest BCUT2D eigenvalue weighted by Crippen LogP contribution is -2.16. The number of hydrogen-bond acceptors (Lipinski definition) is 0. The molecule has 0 aliphatic heterocycles. The maximum atomic E-state index is 3.57. The maximum Gasteiger partial charge on any atom is 0.134 e. The standard InChI is InChI=1S/C3H8Br2Si/c1-6(2,5)3-4/h3H2,1-2H3. The predicted octanol–water partition coefficient (Wildman–Crippen LogP) is 2.52. The second-order valence-corrected chi connectivity index (χ2v) is 13.7. The van der Waals surface area contributed by atoms with Gasteiger partial charge in [-0.3, -0.25) is 0 Å². The molecule has 0 spiro atoms. The molecular formula is C3H8Br2Si. The molecule has 3 heteroatoms. The van der Waals surface area contributed by atoms with E-state index in [4.69, 9.17) is 0 Å². The van der Waals surface area contributed by atoms with Crippen molar-refractivity contribution >= 4 is 37.9 Å². The Kier molecular flexibility index (Phi) is 2.96. The fourth-order valence-electron chi connectivity index (χ4n) is 0. The Morgan fingerprint density at radius 1 is 1.50 bits per heavy atom. The van der Waals surface area contributed by atoms with Gasteiger partial charge in [-0.15, -0.1) is 15.3 Å². The first-order chi connectivity index (χ1) is 2.56. The van der Waals surface area contributed by atoms with Crippen LogP contribution >= 0.6 is 31.2 Å². The minimum atomic E-state index is -0.902. The molecule has 38 valence electrons. The Balaban J connectivity index is 3.17. The fourth-order valence-corrected chi connectivity index (χ4v) is 0. The molecule has 0 unspecified atom stereocenters. The van der Waals surface area contributed by atoms with E-state index in [2.05, 4.69) is 44.3 Å². The quantitative estimate of drug-likeness (QED) is 0.370. The van der Waals surface area contributed by atoms with E-state index in [1.165, 1.54) is 0 Å². The first kappa shape index (κ1) is 7.18. The van der Waals surface area contributed by atoms with Gasteiger partial charge in [0.2, 0.25) is 0 Å². The second kappa shape index (κ2) is 2.48. The van der Waals surface area contributed by atoms with Crippen LogP contribution in [0.15, 0.2) is 0 Å². The van der Waals surface area contributed by atoms with Gasteiger partial charge in [-0.25, -0.2) is 0 Å². The van der Waals surface area contributed by atoms with E-state index < -0.39 is 6.69 Å². The molecule has 0 aliphatic carbocycles. The Labute approximate surface area is 56.0 Å². The SMILES string of the molecule is C[Si](C)(Br)CBr. The van der Waals surface area contributed by atoms with Crippen LogP contribution in [0, 0.1) is 0 Å². The van der Waals surface area contributed by atoms with E-state index in [-0.39, 0.29) is 0 Å². The highest BCUT2D eigenvalue weighted by atomic mass is 79.9. The van der Waals surface area contributed by atoms with Crippen molar-refractivity contribution in [1.82, 2.24) is 0 Å². The molecule has 0 aromatic carbocycles. The number of rotatable bonds is 1. The van der Waals surface area contributed by atoms with Crippen LogP contribution in [0.3, 0.4) is 0 Å². The van der Waals surface area contributed by atoms with E-state index in [0.29, 0.717) is 0 Å². The van der Waals surface area contributed by atoms with Crippen LogP contribution in [0.4, 0.5) is 0 Å². The minimum Gasteiger partial charge on any atom is -0.126 e. The Morgan fingerprint density at radius 2 is 1.67 bits per heavy atom. The summed E-state index contributed by atoms with van der Waals surface area (Å²) in [5.41, 5.74) is 0. The van der Waals surface area contributed by atoms with Gasteiger partial charge in [0.15, 0.2) is 0 Å². The van der Waals surface area contributed by atoms with E-state index in [1.54, 1.807) is 0 Å². The average molecular weight is 232 g/mol. The summed E-state index contributed by atoms with van der Waals surface area (Å²) in [5, 5.41) is 0. The van der Waals surface area contributed by atoms with E-state index >= 15 is 0 Å². The molecule has 0 N–H and O–H groups in total. The average Bonchev–Trinajstić information content (AvgIpc) is 1.35. The van der Waals surface area contributed by atoms with Crippen molar-refractivity contribution in [1.29, 1.82) is 0 Å². The van der Waals surface area contributed by atoms with Crippen LogP contribution in [0.2, 0.25) is 13.1 Å². The van der Waals surface area contributed by atoms with Gasteiger partial charge in [-0.1, -0.05) is 29.0 Å². The number of hydrogen-bond donors (Lipinski definition) is 0. The van der Waals surface area contributed by atoms with Crippen molar-refractivity contribution in [3.8, 4) is 0 Å². The van der Waals surface area contributed by atoms with Gasteiger partial charge in [-0.2, -0.15) is 0 Å². The first-order valence-corrected chi connectivity index (χ1v) is 8.40. The molecule has 0 nitrogen and oxygen atoms in total. The van der Waals surface area contributed by atoms with Crippen LogP contribution < -0.4 is 0 Å². The van der Waals surface area contributed by atoms with Gasteiger partial charge in [0, 0.05) is 4.95 Å². The summed E-state index contributed by atoms with van der Waals surface area (Å²) in [5.74, 6) is 0. The molecule has 0 aromatic rings. The van der Waals surface area contributed by atoms with Crippen molar-refractivity contribution < 1.29 is 0 Å². The lowest BCUT2D eigenvalue weighted by Gasteiger charge is -2.04. The van der Waals surface area contributed by atoms with Crippen LogP contribution in [0.1, 0.15) is 0 Å².